The molecule has 0 saturated carbocycles. The van der Waals surface area contributed by atoms with E-state index in [-0.39, 0.29) is 25.2 Å². The minimum absolute atomic E-state index is 0.0656. The number of hydrogen-bond donors (Lipinski definition) is 1. The quantitative estimate of drug-likeness (QED) is 0.0373. The number of hydrogen-bond acceptors (Lipinski definition) is 5. The Balaban J connectivity index is 3.43. The van der Waals surface area contributed by atoms with E-state index in [9.17, 15) is 14.7 Å². The van der Waals surface area contributed by atoms with Gasteiger partial charge in [0, 0.05) is 12.8 Å². The fourth-order valence-corrected chi connectivity index (χ4v) is 11.8. The minimum atomic E-state index is -0.778. The molecule has 1 unspecified atom stereocenters. The molecule has 5 nitrogen and oxygen atoms in total. The molecule has 0 aromatic heterocycles. The predicted molar refractivity (Wildman–Crippen MR) is 394 cm³/mol. The third kappa shape index (κ3) is 77.2. The lowest BCUT2D eigenvalue weighted by Gasteiger charge is -2.15. The zero-order valence-corrected chi connectivity index (χ0v) is 59.4. The van der Waals surface area contributed by atoms with E-state index in [1.165, 1.54) is 289 Å². The number of rotatable bonds is 73. The summed E-state index contributed by atoms with van der Waals surface area (Å²) in [7, 11) is 0. The first-order valence-electron chi connectivity index (χ1n) is 39.3. The molecule has 89 heavy (non-hydrogen) atoms. The maximum absolute atomic E-state index is 12.4. The molecule has 0 fully saturated rings. The van der Waals surface area contributed by atoms with Gasteiger partial charge < -0.3 is 14.6 Å². The largest absolute Gasteiger partial charge is 0.462 e. The van der Waals surface area contributed by atoms with E-state index >= 15 is 0 Å². The number of aliphatic hydroxyl groups excluding tert-OH is 1. The van der Waals surface area contributed by atoms with E-state index < -0.39 is 6.10 Å². The lowest BCUT2D eigenvalue weighted by Crippen LogP contribution is -2.28. The van der Waals surface area contributed by atoms with Gasteiger partial charge in [-0.05, 0) is 77.0 Å². The van der Waals surface area contributed by atoms with Crippen LogP contribution in [0.25, 0.3) is 0 Å². The van der Waals surface area contributed by atoms with Crippen LogP contribution >= 0.6 is 0 Å². The van der Waals surface area contributed by atoms with Crippen LogP contribution in [-0.2, 0) is 19.1 Å². The second kappa shape index (κ2) is 79.1. The molecule has 1 N–H and O–H groups in total. The Morgan fingerprint density at radius 2 is 0.483 bits per heavy atom. The van der Waals surface area contributed by atoms with E-state index in [1.54, 1.807) is 0 Å². The third-order valence-corrected chi connectivity index (χ3v) is 17.6. The molecule has 0 amide bonds. The van der Waals surface area contributed by atoms with Gasteiger partial charge in [-0.15, -0.1) is 0 Å². The number of ether oxygens (including phenoxy) is 2. The summed E-state index contributed by atoms with van der Waals surface area (Å²) in [6.45, 7) is 4.08. The Kier molecular flexibility index (Phi) is 76.2. The van der Waals surface area contributed by atoms with Gasteiger partial charge in [0.1, 0.15) is 6.61 Å². The van der Waals surface area contributed by atoms with Crippen LogP contribution in [0.1, 0.15) is 406 Å². The van der Waals surface area contributed by atoms with Gasteiger partial charge >= 0.3 is 11.9 Å². The molecule has 1 atom stereocenters. The van der Waals surface area contributed by atoms with Crippen molar-refractivity contribution >= 4 is 11.9 Å². The average molecular weight is 1240 g/mol. The predicted octanol–water partition coefficient (Wildman–Crippen LogP) is 27.7. The highest BCUT2D eigenvalue weighted by Gasteiger charge is 2.16. The zero-order valence-electron chi connectivity index (χ0n) is 59.4. The van der Waals surface area contributed by atoms with Crippen LogP contribution < -0.4 is 0 Å². The number of allylic oxidation sites excluding steroid dienone is 16. The van der Waals surface area contributed by atoms with Crippen LogP contribution in [0.5, 0.6) is 0 Å². The molecule has 0 rings (SSSR count). The Morgan fingerprint density at radius 3 is 0.730 bits per heavy atom. The van der Waals surface area contributed by atoms with Crippen LogP contribution in [0, 0.1) is 0 Å². The van der Waals surface area contributed by atoms with Gasteiger partial charge in [0.25, 0.3) is 0 Å². The number of aliphatic hydroxyl groups is 1. The van der Waals surface area contributed by atoms with Gasteiger partial charge in [-0.2, -0.15) is 0 Å². The highest BCUT2D eigenvalue weighted by atomic mass is 16.6. The average Bonchev–Trinajstić information content (AvgIpc) is 3.55. The molecule has 516 valence electrons. The summed E-state index contributed by atoms with van der Waals surface area (Å²) in [6, 6.07) is 0. The molecule has 0 aliphatic rings. The van der Waals surface area contributed by atoms with Crippen LogP contribution in [0.2, 0.25) is 0 Å². The van der Waals surface area contributed by atoms with Gasteiger partial charge in [-0.1, -0.05) is 413 Å². The molecule has 0 heterocycles. The molecule has 0 aromatic rings. The SMILES string of the molecule is CC/C=C\C/C=C\C/C=C\C/C=C\C/C=C\C/C=C\C/C=C\C/C=C\CCCCCCCCCCCCCCC(=O)OC(CO)COC(=O)CCCCCCCCCCCCCCCCCCCCCCCCCCCCCCCCCCCCCCCC. The Hall–Kier alpha value is -3.18. The van der Waals surface area contributed by atoms with Gasteiger partial charge in [0.05, 0.1) is 6.61 Å². The summed E-state index contributed by atoms with van der Waals surface area (Å²) >= 11 is 0. The van der Waals surface area contributed by atoms with Gasteiger partial charge in [0.15, 0.2) is 6.10 Å². The molecule has 0 aromatic carbocycles. The summed E-state index contributed by atoms with van der Waals surface area (Å²) in [5, 5.41) is 9.73. The third-order valence-electron chi connectivity index (χ3n) is 17.6. The van der Waals surface area contributed by atoms with Crippen molar-refractivity contribution in [2.45, 2.75) is 412 Å². The van der Waals surface area contributed by atoms with E-state index in [0.29, 0.717) is 12.8 Å². The molecule has 0 aliphatic carbocycles. The lowest BCUT2D eigenvalue weighted by molar-refractivity contribution is -0.161. The van der Waals surface area contributed by atoms with Gasteiger partial charge in [-0.25, -0.2) is 0 Å². The van der Waals surface area contributed by atoms with Crippen molar-refractivity contribution in [3.63, 3.8) is 0 Å². The monoisotopic (exact) mass is 1240 g/mol. The minimum Gasteiger partial charge on any atom is -0.462 e. The van der Waals surface area contributed by atoms with E-state index in [0.717, 1.165) is 89.9 Å². The maximum atomic E-state index is 12.4. The second-order valence-electron chi connectivity index (χ2n) is 26.4. The topological polar surface area (TPSA) is 72.8 Å². The Morgan fingerprint density at radius 1 is 0.270 bits per heavy atom. The zero-order chi connectivity index (χ0) is 64.0. The van der Waals surface area contributed by atoms with Crippen molar-refractivity contribution in [3.05, 3.63) is 97.2 Å². The molecule has 5 heteroatoms. The van der Waals surface area contributed by atoms with Gasteiger partial charge in [0.2, 0.25) is 0 Å². The van der Waals surface area contributed by atoms with Crippen LogP contribution in [-0.4, -0.2) is 36.4 Å². The highest BCUT2D eigenvalue weighted by molar-refractivity contribution is 5.70. The first-order chi connectivity index (χ1) is 44.1. The normalized spacial score (nSPS) is 12.7. The summed E-state index contributed by atoms with van der Waals surface area (Å²) in [5.74, 6) is -0.577. The highest BCUT2D eigenvalue weighted by Crippen LogP contribution is 2.19. The molecule has 0 spiro atoms. The van der Waals surface area contributed by atoms with Gasteiger partial charge in [-0.3, -0.25) is 9.59 Å². The Bertz CT molecular complexity index is 1650. The number of esters is 2. The van der Waals surface area contributed by atoms with Crippen molar-refractivity contribution < 1.29 is 24.2 Å². The van der Waals surface area contributed by atoms with E-state index in [4.69, 9.17) is 9.47 Å². The summed E-state index contributed by atoms with van der Waals surface area (Å²) in [4.78, 5) is 24.7. The molecule has 0 aliphatic heterocycles. The first-order valence-corrected chi connectivity index (χ1v) is 39.3. The van der Waals surface area contributed by atoms with Crippen LogP contribution in [0.4, 0.5) is 0 Å². The Labute approximate surface area is 555 Å². The molecular weight excluding hydrogens is 1090 g/mol. The van der Waals surface area contributed by atoms with Crippen molar-refractivity contribution in [1.82, 2.24) is 0 Å². The number of unbranched alkanes of at least 4 members (excludes halogenated alkanes) is 49. The standard InChI is InChI=1S/C84H150O5/c1-3-5-7-9-11-13-15-17-19-21-23-25-27-29-31-33-35-37-39-41-43-44-46-48-50-52-54-56-58-60-62-64-66-68-70-72-74-76-78-83(86)88-81-82(80-85)89-84(87)79-77-75-73-71-69-67-65-63-61-59-57-55-53-51-49-47-45-42-40-38-36-34-32-30-28-26-24-22-20-18-16-14-12-10-8-6-4-2/h6,8,12,14,18,20,24,26,30,32,36,38,42,45,49,51,82,85H,3-5,7,9-11,13,15-17,19,21-23,25,27-29,31,33-35,37,39-41,43-44,46-48,50,52-81H2,1-2H3/b8-6-,14-12-,20-18-,26-24-,32-30-,38-36-,45-42-,51-49-. The molecule has 0 bridgehead atoms. The van der Waals surface area contributed by atoms with E-state index in [1.807, 2.05) is 0 Å². The summed E-state index contributed by atoms with van der Waals surface area (Å²) in [6.07, 6.45) is 113. The van der Waals surface area contributed by atoms with Crippen molar-refractivity contribution in [3.8, 4) is 0 Å². The summed E-state index contributed by atoms with van der Waals surface area (Å²) < 4.78 is 10.8. The fourth-order valence-electron chi connectivity index (χ4n) is 11.8. The second-order valence-corrected chi connectivity index (χ2v) is 26.4. The maximum Gasteiger partial charge on any atom is 0.306 e. The van der Waals surface area contributed by atoms with E-state index in [2.05, 4.69) is 111 Å². The molecule has 0 radical (unpaired) electrons. The van der Waals surface area contributed by atoms with Crippen LogP contribution in [0.3, 0.4) is 0 Å². The number of carbonyl (C=O) groups is 2. The summed E-state index contributed by atoms with van der Waals surface area (Å²) in [5.41, 5.74) is 0. The fraction of sp³-hybridized carbons (Fsp3) is 0.786. The van der Waals surface area contributed by atoms with Crippen molar-refractivity contribution in [2.75, 3.05) is 13.2 Å². The lowest BCUT2D eigenvalue weighted by atomic mass is 10.0. The molecular formula is C84H150O5. The number of carbonyl (C=O) groups excluding carboxylic acids is 2. The van der Waals surface area contributed by atoms with Crippen LogP contribution in [0.15, 0.2) is 97.2 Å². The first kappa shape index (κ1) is 85.8. The van der Waals surface area contributed by atoms with Crippen molar-refractivity contribution in [1.29, 1.82) is 0 Å². The molecule has 0 saturated heterocycles. The smallest absolute Gasteiger partial charge is 0.306 e. The van der Waals surface area contributed by atoms with Crippen molar-refractivity contribution in [2.24, 2.45) is 0 Å².